The summed E-state index contributed by atoms with van der Waals surface area (Å²) < 4.78 is 0. The SMILES string of the molecule is CC1=C[C@@]2(N)C(=CC1)[C@@H](C)CC[C@@H]2C(C)C. The summed E-state index contributed by atoms with van der Waals surface area (Å²) in [6, 6.07) is 0. The highest BCUT2D eigenvalue weighted by molar-refractivity contribution is 5.39. The summed E-state index contributed by atoms with van der Waals surface area (Å²) >= 11 is 0. The molecule has 2 aliphatic rings. The molecule has 0 amide bonds. The van der Waals surface area contributed by atoms with Crippen molar-refractivity contribution in [1.82, 2.24) is 0 Å². The molecule has 2 rings (SSSR count). The smallest absolute Gasteiger partial charge is 0.0591 e. The van der Waals surface area contributed by atoms with Gasteiger partial charge in [0.1, 0.15) is 0 Å². The number of allylic oxidation sites excluding steroid dienone is 2. The summed E-state index contributed by atoms with van der Waals surface area (Å²) in [7, 11) is 0. The van der Waals surface area contributed by atoms with Gasteiger partial charge in [0.05, 0.1) is 5.54 Å². The summed E-state index contributed by atoms with van der Waals surface area (Å²) in [6.45, 7) is 9.16. The number of fused-ring (bicyclic) bond motifs is 1. The number of hydrogen-bond acceptors (Lipinski definition) is 1. The fraction of sp³-hybridized carbons (Fsp3) is 0.733. The summed E-state index contributed by atoms with van der Waals surface area (Å²) in [6.07, 6.45) is 8.43. The van der Waals surface area contributed by atoms with Crippen LogP contribution in [-0.2, 0) is 0 Å². The number of rotatable bonds is 1. The Kier molecular flexibility index (Phi) is 3.00. The number of hydrogen-bond donors (Lipinski definition) is 1. The molecule has 0 saturated heterocycles. The molecular formula is C15H25N. The number of nitrogens with two attached hydrogens (primary N) is 1. The Morgan fingerprint density at radius 3 is 2.69 bits per heavy atom. The molecule has 90 valence electrons. The summed E-state index contributed by atoms with van der Waals surface area (Å²) in [4.78, 5) is 0. The molecule has 1 fully saturated rings. The molecule has 2 N–H and O–H groups in total. The highest BCUT2D eigenvalue weighted by atomic mass is 14.8. The van der Waals surface area contributed by atoms with Crippen molar-refractivity contribution in [1.29, 1.82) is 0 Å². The van der Waals surface area contributed by atoms with Crippen LogP contribution in [0.2, 0.25) is 0 Å². The van der Waals surface area contributed by atoms with Gasteiger partial charge in [0.15, 0.2) is 0 Å². The van der Waals surface area contributed by atoms with Crippen molar-refractivity contribution in [2.45, 2.75) is 52.5 Å². The lowest BCUT2D eigenvalue weighted by Crippen LogP contribution is -2.54. The summed E-state index contributed by atoms with van der Waals surface area (Å²) in [5.74, 6) is 1.96. The zero-order chi connectivity index (χ0) is 11.9. The Morgan fingerprint density at radius 1 is 1.38 bits per heavy atom. The summed E-state index contributed by atoms with van der Waals surface area (Å²) in [5, 5.41) is 0. The fourth-order valence-corrected chi connectivity index (χ4v) is 3.66. The molecule has 0 radical (unpaired) electrons. The monoisotopic (exact) mass is 219 g/mol. The highest BCUT2D eigenvalue weighted by Crippen LogP contribution is 2.46. The molecule has 0 aliphatic heterocycles. The Labute approximate surface area is 99.8 Å². The predicted molar refractivity (Wildman–Crippen MR) is 70.1 cm³/mol. The Morgan fingerprint density at radius 2 is 2.06 bits per heavy atom. The van der Waals surface area contributed by atoms with Crippen LogP contribution < -0.4 is 5.73 Å². The van der Waals surface area contributed by atoms with Crippen molar-refractivity contribution in [3.8, 4) is 0 Å². The maximum Gasteiger partial charge on any atom is 0.0591 e. The van der Waals surface area contributed by atoms with E-state index < -0.39 is 0 Å². The second kappa shape index (κ2) is 4.03. The first-order chi connectivity index (χ1) is 7.45. The average molecular weight is 219 g/mol. The Bertz CT molecular complexity index is 337. The lowest BCUT2D eigenvalue weighted by Gasteiger charge is -2.48. The minimum absolute atomic E-state index is 0.145. The molecule has 0 aromatic heterocycles. The zero-order valence-electron chi connectivity index (χ0n) is 11.1. The molecule has 0 aromatic rings. The normalized spacial score (nSPS) is 39.1. The van der Waals surface area contributed by atoms with Crippen molar-refractivity contribution in [2.75, 3.05) is 0 Å². The molecule has 3 atom stereocenters. The molecular weight excluding hydrogens is 194 g/mol. The van der Waals surface area contributed by atoms with E-state index in [1.807, 2.05) is 0 Å². The zero-order valence-corrected chi connectivity index (χ0v) is 11.1. The molecule has 1 heteroatoms. The van der Waals surface area contributed by atoms with Crippen LogP contribution in [-0.4, -0.2) is 5.54 Å². The van der Waals surface area contributed by atoms with Gasteiger partial charge in [-0.25, -0.2) is 0 Å². The molecule has 0 unspecified atom stereocenters. The van der Waals surface area contributed by atoms with Crippen LogP contribution in [0.4, 0.5) is 0 Å². The van der Waals surface area contributed by atoms with Gasteiger partial charge in [-0.05, 0) is 49.5 Å². The molecule has 0 aromatic carbocycles. The van der Waals surface area contributed by atoms with E-state index in [4.69, 9.17) is 5.73 Å². The van der Waals surface area contributed by atoms with E-state index in [-0.39, 0.29) is 5.54 Å². The lowest BCUT2D eigenvalue weighted by molar-refractivity contribution is 0.202. The van der Waals surface area contributed by atoms with Crippen LogP contribution in [0.3, 0.4) is 0 Å². The van der Waals surface area contributed by atoms with Gasteiger partial charge in [-0.3, -0.25) is 0 Å². The average Bonchev–Trinajstić information content (AvgIpc) is 2.15. The Balaban J connectivity index is 2.40. The van der Waals surface area contributed by atoms with Gasteiger partial charge in [0, 0.05) is 0 Å². The lowest BCUT2D eigenvalue weighted by atomic mass is 9.60. The maximum atomic E-state index is 6.75. The van der Waals surface area contributed by atoms with E-state index >= 15 is 0 Å². The van der Waals surface area contributed by atoms with Crippen LogP contribution in [0.1, 0.15) is 47.0 Å². The quantitative estimate of drug-likeness (QED) is 0.669. The molecule has 0 bridgehead atoms. The van der Waals surface area contributed by atoms with Crippen molar-refractivity contribution >= 4 is 0 Å². The second-order valence-electron chi connectivity index (χ2n) is 6.12. The van der Waals surface area contributed by atoms with Gasteiger partial charge < -0.3 is 5.73 Å². The van der Waals surface area contributed by atoms with Crippen LogP contribution in [0.25, 0.3) is 0 Å². The maximum absolute atomic E-state index is 6.75. The molecule has 16 heavy (non-hydrogen) atoms. The van der Waals surface area contributed by atoms with Crippen LogP contribution in [0, 0.1) is 17.8 Å². The minimum Gasteiger partial charge on any atom is -0.318 e. The van der Waals surface area contributed by atoms with Crippen molar-refractivity contribution < 1.29 is 0 Å². The van der Waals surface area contributed by atoms with Gasteiger partial charge in [-0.2, -0.15) is 0 Å². The molecule has 1 saturated carbocycles. The third-order valence-electron chi connectivity index (χ3n) is 4.49. The predicted octanol–water partition coefficient (Wildman–Crippen LogP) is 3.66. The van der Waals surface area contributed by atoms with Crippen LogP contribution in [0.5, 0.6) is 0 Å². The molecule has 1 nitrogen and oxygen atoms in total. The second-order valence-corrected chi connectivity index (χ2v) is 6.12. The van der Waals surface area contributed by atoms with E-state index in [0.29, 0.717) is 17.8 Å². The van der Waals surface area contributed by atoms with Crippen molar-refractivity contribution in [3.63, 3.8) is 0 Å². The first-order valence-electron chi connectivity index (χ1n) is 6.63. The van der Waals surface area contributed by atoms with Crippen LogP contribution in [0.15, 0.2) is 23.3 Å². The largest absolute Gasteiger partial charge is 0.318 e. The van der Waals surface area contributed by atoms with Crippen molar-refractivity contribution in [2.24, 2.45) is 23.5 Å². The van der Waals surface area contributed by atoms with E-state index in [1.54, 1.807) is 0 Å². The van der Waals surface area contributed by atoms with E-state index in [9.17, 15) is 0 Å². The summed E-state index contributed by atoms with van der Waals surface area (Å²) in [5.41, 5.74) is 9.54. The van der Waals surface area contributed by atoms with E-state index in [0.717, 1.165) is 6.42 Å². The third-order valence-corrected chi connectivity index (χ3v) is 4.49. The molecule has 2 aliphatic carbocycles. The third kappa shape index (κ3) is 1.75. The minimum atomic E-state index is -0.145. The first kappa shape index (κ1) is 11.9. The Hall–Kier alpha value is -0.560. The van der Waals surface area contributed by atoms with E-state index in [2.05, 4.69) is 39.8 Å². The van der Waals surface area contributed by atoms with Gasteiger partial charge in [-0.1, -0.05) is 38.5 Å². The standard InChI is InChI=1S/C15H25N/c1-10(2)13-8-6-12(4)14-7-5-11(3)9-15(13,14)16/h7,9-10,12-13H,5-6,8,16H2,1-4H3/t12-,13+,15-/m0/s1. The highest BCUT2D eigenvalue weighted by Gasteiger charge is 2.44. The topological polar surface area (TPSA) is 26.0 Å². The molecule has 0 spiro atoms. The first-order valence-corrected chi connectivity index (χ1v) is 6.63. The van der Waals surface area contributed by atoms with Gasteiger partial charge in [0.25, 0.3) is 0 Å². The van der Waals surface area contributed by atoms with Gasteiger partial charge >= 0.3 is 0 Å². The molecule has 0 heterocycles. The van der Waals surface area contributed by atoms with Gasteiger partial charge in [0.2, 0.25) is 0 Å². The van der Waals surface area contributed by atoms with Crippen molar-refractivity contribution in [3.05, 3.63) is 23.3 Å². The van der Waals surface area contributed by atoms with E-state index in [1.165, 1.54) is 24.0 Å². The van der Waals surface area contributed by atoms with Gasteiger partial charge in [-0.15, -0.1) is 0 Å². The van der Waals surface area contributed by atoms with Crippen LogP contribution >= 0.6 is 0 Å². The fourth-order valence-electron chi connectivity index (χ4n) is 3.66.